The summed E-state index contributed by atoms with van der Waals surface area (Å²) in [6.07, 6.45) is 3.58. The Labute approximate surface area is 120 Å². The lowest BCUT2D eigenvalue weighted by Gasteiger charge is -2.31. The Balaban J connectivity index is 0.00000180. The molecule has 1 aromatic rings. The highest BCUT2D eigenvalue weighted by Gasteiger charge is 2.29. The van der Waals surface area contributed by atoms with Crippen LogP contribution in [0.5, 0.6) is 0 Å². The summed E-state index contributed by atoms with van der Waals surface area (Å²) in [7, 11) is 0. The molecule has 2 rings (SSSR count). The van der Waals surface area contributed by atoms with Gasteiger partial charge in [0.2, 0.25) is 5.91 Å². The van der Waals surface area contributed by atoms with Crippen molar-refractivity contribution in [2.45, 2.75) is 33.2 Å². The van der Waals surface area contributed by atoms with E-state index in [1.807, 2.05) is 17.8 Å². The van der Waals surface area contributed by atoms with Crippen LogP contribution in [0.3, 0.4) is 0 Å². The molecule has 1 aliphatic rings. The second kappa shape index (κ2) is 5.92. The second-order valence-electron chi connectivity index (χ2n) is 6.04. The fourth-order valence-electron chi connectivity index (χ4n) is 1.89. The fraction of sp³-hybridized carbons (Fsp3) is 0.692. The molecule has 0 saturated carbocycles. The maximum atomic E-state index is 12.0. The highest BCUT2D eigenvalue weighted by molar-refractivity contribution is 5.92. The average molecular weight is 287 g/mol. The minimum atomic E-state index is -0.0630. The summed E-state index contributed by atoms with van der Waals surface area (Å²) in [5, 5.41) is 10.4. The lowest BCUT2D eigenvalue weighted by atomic mass is 9.88. The van der Waals surface area contributed by atoms with Crippen LogP contribution in [-0.4, -0.2) is 28.8 Å². The molecule has 2 heterocycles. The molecule has 0 aromatic carbocycles. The van der Waals surface area contributed by atoms with Crippen molar-refractivity contribution >= 4 is 24.0 Å². The Morgan fingerprint density at radius 2 is 2.16 bits per heavy atom. The van der Waals surface area contributed by atoms with E-state index in [1.54, 1.807) is 6.20 Å². The van der Waals surface area contributed by atoms with E-state index < -0.39 is 0 Å². The number of nitrogens with zero attached hydrogens (tertiary/aromatic N) is 2. The minimum absolute atomic E-state index is 0. The number of carbonyl (C=O) groups excluding carboxylic acids is 1. The number of nitrogens with one attached hydrogen (secondary N) is 2. The summed E-state index contributed by atoms with van der Waals surface area (Å²) >= 11 is 0. The Hall–Kier alpha value is -1.07. The Kier molecular flexibility index (Phi) is 4.98. The van der Waals surface area contributed by atoms with Crippen LogP contribution in [0.2, 0.25) is 0 Å². The van der Waals surface area contributed by atoms with Crippen molar-refractivity contribution < 1.29 is 4.79 Å². The molecule has 6 heteroatoms. The quantitative estimate of drug-likeness (QED) is 0.892. The number of anilines is 1. The summed E-state index contributed by atoms with van der Waals surface area (Å²) in [5.41, 5.74) is 0.709. The summed E-state index contributed by atoms with van der Waals surface area (Å²) in [6.45, 7) is 10.1. The molecular formula is C13H23ClN4O. The second-order valence-corrected chi connectivity index (χ2v) is 6.04. The van der Waals surface area contributed by atoms with Gasteiger partial charge in [0.1, 0.15) is 0 Å². The first-order valence-electron chi connectivity index (χ1n) is 6.44. The predicted molar refractivity (Wildman–Crippen MR) is 78.6 cm³/mol. The molecule has 1 saturated heterocycles. The van der Waals surface area contributed by atoms with E-state index in [2.05, 4.69) is 36.5 Å². The van der Waals surface area contributed by atoms with Crippen LogP contribution in [0.15, 0.2) is 12.4 Å². The fourth-order valence-corrected chi connectivity index (χ4v) is 1.89. The monoisotopic (exact) mass is 286 g/mol. The van der Waals surface area contributed by atoms with Crippen molar-refractivity contribution in [3.05, 3.63) is 12.4 Å². The van der Waals surface area contributed by atoms with Crippen LogP contribution in [-0.2, 0) is 10.3 Å². The van der Waals surface area contributed by atoms with Gasteiger partial charge in [0, 0.05) is 12.1 Å². The lowest BCUT2D eigenvalue weighted by Crippen LogP contribution is -2.48. The number of carbonyl (C=O) groups is 1. The van der Waals surface area contributed by atoms with Gasteiger partial charge < -0.3 is 10.6 Å². The number of hydrogen-bond donors (Lipinski definition) is 2. The molecule has 5 nitrogen and oxygen atoms in total. The maximum absolute atomic E-state index is 12.0. The molecule has 1 atom stereocenters. The van der Waals surface area contributed by atoms with Crippen molar-refractivity contribution in [2.24, 2.45) is 11.8 Å². The third kappa shape index (κ3) is 3.70. The number of aromatic nitrogens is 2. The summed E-state index contributed by atoms with van der Waals surface area (Å²) in [4.78, 5) is 12.0. The molecule has 1 amide bonds. The third-order valence-corrected chi connectivity index (χ3v) is 3.47. The van der Waals surface area contributed by atoms with Gasteiger partial charge in [-0.1, -0.05) is 6.92 Å². The first-order valence-corrected chi connectivity index (χ1v) is 6.44. The smallest absolute Gasteiger partial charge is 0.227 e. The lowest BCUT2D eigenvalue weighted by molar-refractivity contribution is -0.121. The van der Waals surface area contributed by atoms with Gasteiger partial charge in [-0.2, -0.15) is 5.10 Å². The highest BCUT2D eigenvalue weighted by Crippen LogP contribution is 2.19. The number of rotatable bonds is 3. The van der Waals surface area contributed by atoms with E-state index in [0.29, 0.717) is 5.92 Å². The van der Waals surface area contributed by atoms with Crippen molar-refractivity contribution in [3.63, 3.8) is 0 Å². The zero-order valence-electron chi connectivity index (χ0n) is 11.9. The third-order valence-electron chi connectivity index (χ3n) is 3.47. The van der Waals surface area contributed by atoms with Crippen LogP contribution in [0.1, 0.15) is 27.7 Å². The van der Waals surface area contributed by atoms with Crippen LogP contribution in [0, 0.1) is 11.8 Å². The van der Waals surface area contributed by atoms with Gasteiger partial charge in [-0.15, -0.1) is 12.4 Å². The number of amides is 1. The van der Waals surface area contributed by atoms with Gasteiger partial charge in [-0.05, 0) is 39.8 Å². The normalized spacial score (nSPS) is 17.3. The van der Waals surface area contributed by atoms with Crippen molar-refractivity contribution in [1.82, 2.24) is 15.1 Å². The van der Waals surface area contributed by atoms with Gasteiger partial charge in [0.15, 0.2) is 0 Å². The molecule has 0 bridgehead atoms. The standard InChI is InChI=1S/C13H22N4O.ClH/c1-9(10-5-14-6-10)12(18)16-11-7-15-17(8-11)13(2,3)4;/h7-10,14H,5-6H2,1-4H3,(H,16,18);1H. The molecule has 1 aliphatic heterocycles. The molecular weight excluding hydrogens is 264 g/mol. The molecule has 1 aromatic heterocycles. The van der Waals surface area contributed by atoms with Gasteiger partial charge in [-0.25, -0.2) is 0 Å². The van der Waals surface area contributed by atoms with E-state index in [-0.39, 0.29) is 29.8 Å². The van der Waals surface area contributed by atoms with Gasteiger partial charge in [-0.3, -0.25) is 9.48 Å². The Morgan fingerprint density at radius 3 is 2.58 bits per heavy atom. The highest BCUT2D eigenvalue weighted by atomic mass is 35.5. The molecule has 0 spiro atoms. The molecule has 1 unspecified atom stereocenters. The largest absolute Gasteiger partial charge is 0.323 e. The van der Waals surface area contributed by atoms with Crippen molar-refractivity contribution in [1.29, 1.82) is 0 Å². The average Bonchev–Trinajstić information content (AvgIpc) is 2.62. The van der Waals surface area contributed by atoms with Crippen LogP contribution in [0.25, 0.3) is 0 Å². The molecule has 2 N–H and O–H groups in total. The van der Waals surface area contributed by atoms with Crippen molar-refractivity contribution in [2.75, 3.05) is 18.4 Å². The van der Waals surface area contributed by atoms with Gasteiger partial charge in [0.25, 0.3) is 0 Å². The van der Waals surface area contributed by atoms with Crippen LogP contribution >= 0.6 is 12.4 Å². The minimum Gasteiger partial charge on any atom is -0.323 e. The summed E-state index contributed by atoms with van der Waals surface area (Å²) < 4.78 is 1.86. The number of hydrogen-bond acceptors (Lipinski definition) is 3. The predicted octanol–water partition coefficient (Wildman–Crippen LogP) is 1.85. The van der Waals surface area contributed by atoms with E-state index in [1.165, 1.54) is 0 Å². The Morgan fingerprint density at radius 1 is 1.53 bits per heavy atom. The zero-order chi connectivity index (χ0) is 13.3. The number of halogens is 1. The summed E-state index contributed by atoms with van der Waals surface area (Å²) in [5.74, 6) is 0.585. The molecule has 108 valence electrons. The van der Waals surface area contributed by atoms with E-state index in [0.717, 1.165) is 18.8 Å². The van der Waals surface area contributed by atoms with E-state index in [9.17, 15) is 4.79 Å². The Bertz CT molecular complexity index is 434. The van der Waals surface area contributed by atoms with E-state index in [4.69, 9.17) is 0 Å². The van der Waals surface area contributed by atoms with Gasteiger partial charge >= 0.3 is 0 Å². The molecule has 0 radical (unpaired) electrons. The SMILES string of the molecule is CC(C(=O)Nc1cnn(C(C)(C)C)c1)C1CNC1.Cl. The van der Waals surface area contributed by atoms with Gasteiger partial charge in [0.05, 0.1) is 17.4 Å². The first-order chi connectivity index (χ1) is 8.38. The van der Waals surface area contributed by atoms with E-state index >= 15 is 0 Å². The summed E-state index contributed by atoms with van der Waals surface area (Å²) in [6, 6.07) is 0. The van der Waals surface area contributed by atoms with Crippen LogP contribution < -0.4 is 10.6 Å². The molecule has 0 aliphatic carbocycles. The zero-order valence-corrected chi connectivity index (χ0v) is 12.8. The maximum Gasteiger partial charge on any atom is 0.227 e. The molecule has 19 heavy (non-hydrogen) atoms. The molecule has 1 fully saturated rings. The van der Waals surface area contributed by atoms with Crippen LogP contribution in [0.4, 0.5) is 5.69 Å². The topological polar surface area (TPSA) is 59.0 Å². The van der Waals surface area contributed by atoms with Crippen molar-refractivity contribution in [3.8, 4) is 0 Å². The first kappa shape index (κ1) is 16.0.